The van der Waals surface area contributed by atoms with Crippen molar-refractivity contribution in [1.82, 2.24) is 4.98 Å². The molecule has 0 saturated heterocycles. The second kappa shape index (κ2) is 3.21. The normalized spacial score (nSPS) is 10.6. The van der Waals surface area contributed by atoms with E-state index in [2.05, 4.69) is 20.9 Å². The van der Waals surface area contributed by atoms with Crippen molar-refractivity contribution in [3.05, 3.63) is 21.1 Å². The molecule has 2 heterocycles. The number of carboxylic acids is 1. The summed E-state index contributed by atoms with van der Waals surface area (Å²) < 4.78 is 1.53. The Labute approximate surface area is 90.7 Å². The van der Waals surface area contributed by atoms with E-state index in [9.17, 15) is 9.59 Å². The molecular formula is C8H4BrNO3S. The van der Waals surface area contributed by atoms with Gasteiger partial charge in [0.05, 0.1) is 19.6 Å². The number of nitrogens with one attached hydrogen (secondary N) is 1. The maximum absolute atomic E-state index is 10.7. The van der Waals surface area contributed by atoms with Crippen LogP contribution >= 0.6 is 27.3 Å². The van der Waals surface area contributed by atoms with Crippen LogP contribution in [0.2, 0.25) is 0 Å². The molecule has 2 rings (SSSR count). The van der Waals surface area contributed by atoms with Crippen LogP contribution in [-0.2, 0) is 0 Å². The van der Waals surface area contributed by atoms with E-state index in [1.807, 2.05) is 0 Å². The number of hydrogen-bond donors (Lipinski definition) is 2. The third-order valence-electron chi connectivity index (χ3n) is 1.81. The zero-order valence-corrected chi connectivity index (χ0v) is 9.11. The van der Waals surface area contributed by atoms with Crippen LogP contribution in [0.25, 0.3) is 10.2 Å². The number of aldehydes is 1. The molecule has 72 valence electrons. The van der Waals surface area contributed by atoms with Crippen molar-refractivity contribution < 1.29 is 14.7 Å². The second-order valence-corrected chi connectivity index (χ2v) is 5.06. The first kappa shape index (κ1) is 9.42. The van der Waals surface area contributed by atoms with E-state index in [0.29, 0.717) is 16.5 Å². The van der Waals surface area contributed by atoms with Crippen LogP contribution in [-0.4, -0.2) is 22.3 Å². The Morgan fingerprint density at radius 2 is 2.36 bits per heavy atom. The summed E-state index contributed by atoms with van der Waals surface area (Å²) in [6.07, 6.45) is 0.561. The Bertz CT molecular complexity index is 528. The molecule has 2 aromatic rings. The van der Waals surface area contributed by atoms with Crippen molar-refractivity contribution >= 4 is 49.7 Å². The number of thiophene rings is 1. The molecule has 0 aliphatic rings. The minimum atomic E-state index is -1.12. The number of carbonyl (C=O) groups excluding carboxylic acids is 1. The first-order valence-corrected chi connectivity index (χ1v) is 5.24. The molecule has 0 fully saturated rings. The van der Waals surface area contributed by atoms with Crippen molar-refractivity contribution in [3.63, 3.8) is 0 Å². The Balaban J connectivity index is 2.81. The van der Waals surface area contributed by atoms with Crippen molar-refractivity contribution in [2.45, 2.75) is 0 Å². The highest BCUT2D eigenvalue weighted by atomic mass is 79.9. The highest BCUT2D eigenvalue weighted by Crippen LogP contribution is 2.33. The van der Waals surface area contributed by atoms with E-state index >= 15 is 0 Å². The highest BCUT2D eigenvalue weighted by Gasteiger charge is 2.18. The molecule has 6 heteroatoms. The second-order valence-electron chi connectivity index (χ2n) is 2.63. The molecule has 0 aliphatic heterocycles. The third-order valence-corrected chi connectivity index (χ3v) is 3.48. The monoisotopic (exact) mass is 273 g/mol. The van der Waals surface area contributed by atoms with Gasteiger partial charge in [0.15, 0.2) is 6.29 Å². The molecule has 0 aliphatic carbocycles. The summed E-state index contributed by atoms with van der Waals surface area (Å²) in [7, 11) is 0. The van der Waals surface area contributed by atoms with Gasteiger partial charge in [-0.2, -0.15) is 0 Å². The van der Waals surface area contributed by atoms with Gasteiger partial charge in [0.2, 0.25) is 0 Å². The van der Waals surface area contributed by atoms with E-state index in [1.54, 1.807) is 6.07 Å². The standard InChI is InChI=1S/C8H4BrNO3S/c9-5-1-4-7(14-5)3(2-11)6(10-4)8(12)13/h1-2,10H,(H,12,13). The zero-order chi connectivity index (χ0) is 10.3. The minimum absolute atomic E-state index is 0.0475. The molecule has 0 atom stereocenters. The maximum atomic E-state index is 10.7. The summed E-state index contributed by atoms with van der Waals surface area (Å²) in [5.74, 6) is -1.12. The average Bonchev–Trinajstić information content (AvgIpc) is 2.59. The molecule has 0 saturated carbocycles. The molecule has 2 aromatic heterocycles. The number of halogens is 1. The number of fused-ring (bicyclic) bond motifs is 1. The van der Waals surface area contributed by atoms with Crippen LogP contribution in [0, 0.1) is 0 Å². The van der Waals surface area contributed by atoms with E-state index < -0.39 is 5.97 Å². The quantitative estimate of drug-likeness (QED) is 0.826. The number of carbonyl (C=O) groups is 2. The maximum Gasteiger partial charge on any atom is 0.353 e. The fourth-order valence-corrected chi connectivity index (χ4v) is 2.82. The van der Waals surface area contributed by atoms with Gasteiger partial charge < -0.3 is 10.1 Å². The van der Waals surface area contributed by atoms with Crippen molar-refractivity contribution in [2.75, 3.05) is 0 Å². The van der Waals surface area contributed by atoms with Crippen LogP contribution in [0.1, 0.15) is 20.8 Å². The number of H-pyrrole nitrogens is 1. The summed E-state index contributed by atoms with van der Waals surface area (Å²) in [6.45, 7) is 0. The van der Waals surface area contributed by atoms with Crippen LogP contribution < -0.4 is 0 Å². The Morgan fingerprint density at radius 3 is 2.93 bits per heavy atom. The Morgan fingerprint density at radius 1 is 1.64 bits per heavy atom. The fraction of sp³-hybridized carbons (Fsp3) is 0. The van der Waals surface area contributed by atoms with Crippen LogP contribution in [0.5, 0.6) is 0 Å². The summed E-state index contributed by atoms with van der Waals surface area (Å²) in [6, 6.07) is 1.75. The molecule has 4 nitrogen and oxygen atoms in total. The predicted octanol–water partition coefficient (Wildman–Crippen LogP) is 2.50. The van der Waals surface area contributed by atoms with E-state index in [1.165, 1.54) is 11.3 Å². The van der Waals surface area contributed by atoms with Gasteiger partial charge in [-0.1, -0.05) is 0 Å². The van der Waals surface area contributed by atoms with Gasteiger partial charge in [-0.3, -0.25) is 4.79 Å². The van der Waals surface area contributed by atoms with Gasteiger partial charge in [0, 0.05) is 0 Å². The first-order valence-electron chi connectivity index (χ1n) is 3.63. The predicted molar refractivity (Wildman–Crippen MR) is 56.2 cm³/mol. The first-order chi connectivity index (χ1) is 6.63. The molecule has 0 bridgehead atoms. The summed E-state index contributed by atoms with van der Waals surface area (Å²) in [4.78, 5) is 24.1. The SMILES string of the molecule is O=Cc1c(C(=O)O)[nH]c2cc(Br)sc12. The Hall–Kier alpha value is -1.14. The van der Waals surface area contributed by atoms with E-state index in [4.69, 9.17) is 5.11 Å². The molecular weight excluding hydrogens is 270 g/mol. The summed E-state index contributed by atoms with van der Waals surface area (Å²) in [5, 5.41) is 8.79. The van der Waals surface area contributed by atoms with E-state index in [-0.39, 0.29) is 11.3 Å². The summed E-state index contributed by atoms with van der Waals surface area (Å²) >= 11 is 4.60. The van der Waals surface area contributed by atoms with Crippen molar-refractivity contribution in [1.29, 1.82) is 0 Å². The lowest BCUT2D eigenvalue weighted by atomic mass is 10.2. The molecule has 0 unspecified atom stereocenters. The largest absolute Gasteiger partial charge is 0.477 e. The zero-order valence-electron chi connectivity index (χ0n) is 6.70. The smallest absolute Gasteiger partial charge is 0.353 e. The number of carboxylic acid groups (broad SMARTS) is 1. The van der Waals surface area contributed by atoms with Gasteiger partial charge in [-0.05, 0) is 22.0 Å². The minimum Gasteiger partial charge on any atom is -0.477 e. The lowest BCUT2D eigenvalue weighted by molar-refractivity contribution is 0.0688. The number of rotatable bonds is 2. The van der Waals surface area contributed by atoms with Crippen LogP contribution in [0.15, 0.2) is 9.85 Å². The fourth-order valence-electron chi connectivity index (χ4n) is 1.25. The number of hydrogen-bond acceptors (Lipinski definition) is 3. The van der Waals surface area contributed by atoms with Crippen molar-refractivity contribution in [3.8, 4) is 0 Å². The molecule has 14 heavy (non-hydrogen) atoms. The van der Waals surface area contributed by atoms with E-state index in [0.717, 1.165) is 3.79 Å². The molecule has 0 amide bonds. The van der Waals surface area contributed by atoms with Gasteiger partial charge >= 0.3 is 5.97 Å². The average molecular weight is 274 g/mol. The molecule has 2 N–H and O–H groups in total. The lowest BCUT2D eigenvalue weighted by Crippen LogP contribution is -2.00. The highest BCUT2D eigenvalue weighted by molar-refractivity contribution is 9.11. The van der Waals surface area contributed by atoms with Gasteiger partial charge in [-0.15, -0.1) is 11.3 Å². The Kier molecular flexibility index (Phi) is 2.16. The molecule has 0 spiro atoms. The van der Waals surface area contributed by atoms with Crippen LogP contribution in [0.4, 0.5) is 0 Å². The molecule has 0 radical (unpaired) electrons. The number of aromatic nitrogens is 1. The summed E-state index contributed by atoms with van der Waals surface area (Å²) in [5.41, 5.74) is 0.832. The van der Waals surface area contributed by atoms with Gasteiger partial charge in [-0.25, -0.2) is 4.79 Å². The number of aromatic amines is 1. The molecule has 0 aromatic carbocycles. The number of aromatic carboxylic acids is 1. The van der Waals surface area contributed by atoms with Crippen molar-refractivity contribution in [2.24, 2.45) is 0 Å². The topological polar surface area (TPSA) is 70.2 Å². The lowest BCUT2D eigenvalue weighted by Gasteiger charge is -1.88. The van der Waals surface area contributed by atoms with Gasteiger partial charge in [0.1, 0.15) is 5.69 Å². The third kappa shape index (κ3) is 1.27. The van der Waals surface area contributed by atoms with Crippen LogP contribution in [0.3, 0.4) is 0 Å². The van der Waals surface area contributed by atoms with Gasteiger partial charge in [0.25, 0.3) is 0 Å².